The molecule has 2 aliphatic carbocycles. The quantitative estimate of drug-likeness (QED) is 0.328. The van der Waals surface area contributed by atoms with Crippen LogP contribution in [0, 0.1) is 0 Å². The van der Waals surface area contributed by atoms with E-state index >= 15 is 0 Å². The van der Waals surface area contributed by atoms with Crippen LogP contribution in [0.5, 0.6) is 5.75 Å². The van der Waals surface area contributed by atoms with Crippen LogP contribution in [0.3, 0.4) is 0 Å². The van der Waals surface area contributed by atoms with E-state index in [9.17, 15) is 5.02 Å². The van der Waals surface area contributed by atoms with Gasteiger partial charge in [0.05, 0.1) is 5.41 Å². The first-order valence-corrected chi connectivity index (χ1v) is 11.6. The highest BCUT2D eigenvalue weighted by atomic mass is 16.5. The average Bonchev–Trinajstić information content (AvgIpc) is 3.36. The second-order valence-electron chi connectivity index (χ2n) is 8.95. The number of benzene rings is 5. The molecule has 0 aromatic heterocycles. The predicted molar refractivity (Wildman–Crippen MR) is 138 cm³/mol. The number of hydrogen-bond donors (Lipinski definition) is 1. The van der Waals surface area contributed by atoms with Crippen LogP contribution in [0.25, 0.3) is 33.4 Å². The monoisotopic (exact) mass is 436 g/mol. The van der Waals surface area contributed by atoms with Crippen molar-refractivity contribution in [2.45, 2.75) is 5.41 Å². The number of fused-ring (bicyclic) bond motifs is 10. The van der Waals surface area contributed by atoms with Gasteiger partial charge < -0.3 is 9.68 Å². The Bertz CT molecular complexity index is 1520. The fourth-order valence-corrected chi connectivity index (χ4v) is 6.11. The summed E-state index contributed by atoms with van der Waals surface area (Å²) >= 11 is 0. The van der Waals surface area contributed by atoms with Crippen molar-refractivity contribution in [2.24, 2.45) is 0 Å². The number of rotatable bonds is 3. The molecular formula is C31H21BO2. The van der Waals surface area contributed by atoms with Gasteiger partial charge in [0.15, 0.2) is 0 Å². The van der Waals surface area contributed by atoms with E-state index in [0.29, 0.717) is 5.75 Å². The Labute approximate surface area is 199 Å². The van der Waals surface area contributed by atoms with Gasteiger partial charge in [0, 0.05) is 0 Å². The van der Waals surface area contributed by atoms with Crippen LogP contribution in [0.1, 0.15) is 22.3 Å². The zero-order valence-corrected chi connectivity index (χ0v) is 18.5. The van der Waals surface area contributed by atoms with Crippen molar-refractivity contribution in [1.29, 1.82) is 0 Å². The van der Waals surface area contributed by atoms with Crippen molar-refractivity contribution < 1.29 is 9.68 Å². The van der Waals surface area contributed by atoms with Gasteiger partial charge in [-0.1, -0.05) is 97.1 Å². The van der Waals surface area contributed by atoms with Crippen LogP contribution in [-0.4, -0.2) is 12.7 Å². The molecule has 0 atom stereocenters. The molecular weight excluding hydrogens is 415 g/mol. The molecule has 0 radical (unpaired) electrons. The highest BCUT2D eigenvalue weighted by Crippen LogP contribution is 2.62. The van der Waals surface area contributed by atoms with Crippen molar-refractivity contribution in [3.8, 4) is 39.1 Å². The molecule has 0 saturated carbocycles. The molecule has 5 aromatic carbocycles. The molecule has 0 saturated heterocycles. The van der Waals surface area contributed by atoms with E-state index in [1.54, 1.807) is 0 Å². The summed E-state index contributed by atoms with van der Waals surface area (Å²) in [6.07, 6.45) is 0. The van der Waals surface area contributed by atoms with E-state index in [2.05, 4.69) is 97.1 Å². The van der Waals surface area contributed by atoms with Crippen LogP contribution in [0.4, 0.5) is 0 Å². The molecule has 160 valence electrons. The van der Waals surface area contributed by atoms with Gasteiger partial charge >= 0.3 is 7.69 Å². The Morgan fingerprint density at radius 3 is 1.62 bits per heavy atom. The molecule has 3 heteroatoms. The van der Waals surface area contributed by atoms with Gasteiger partial charge in [-0.15, -0.1) is 0 Å². The minimum absolute atomic E-state index is 0.334. The molecule has 0 unspecified atom stereocenters. The molecule has 0 fully saturated rings. The van der Waals surface area contributed by atoms with E-state index in [0.717, 1.165) is 11.1 Å². The molecule has 0 amide bonds. The maximum absolute atomic E-state index is 9.21. The lowest BCUT2D eigenvalue weighted by Gasteiger charge is -2.30. The molecule has 5 aromatic rings. The van der Waals surface area contributed by atoms with Crippen molar-refractivity contribution >= 4 is 7.69 Å². The third-order valence-electron chi connectivity index (χ3n) is 7.40. The van der Waals surface area contributed by atoms with E-state index in [1.165, 1.54) is 44.5 Å². The van der Waals surface area contributed by atoms with Gasteiger partial charge in [0.25, 0.3) is 0 Å². The Hall–Kier alpha value is -4.08. The van der Waals surface area contributed by atoms with Crippen molar-refractivity contribution in [3.63, 3.8) is 0 Å². The molecule has 1 spiro atoms. The second kappa shape index (κ2) is 7.21. The lowest BCUT2D eigenvalue weighted by molar-refractivity contribution is 0.454. The third kappa shape index (κ3) is 2.45. The zero-order chi connectivity index (χ0) is 22.7. The Kier molecular flexibility index (Phi) is 4.11. The lowest BCUT2D eigenvalue weighted by Crippen LogP contribution is -2.25. The Morgan fingerprint density at radius 2 is 1.03 bits per heavy atom. The highest BCUT2D eigenvalue weighted by Gasteiger charge is 2.51. The molecule has 7 rings (SSSR count). The molecule has 2 aliphatic rings. The van der Waals surface area contributed by atoms with E-state index in [4.69, 9.17) is 4.65 Å². The summed E-state index contributed by atoms with van der Waals surface area (Å²) in [7, 11) is -0.334. The summed E-state index contributed by atoms with van der Waals surface area (Å²) in [4.78, 5) is 0. The smallest absolute Gasteiger partial charge is 0.504 e. The first-order valence-electron chi connectivity index (χ1n) is 11.6. The maximum Gasteiger partial charge on any atom is 0.504 e. The largest absolute Gasteiger partial charge is 0.539 e. The summed E-state index contributed by atoms with van der Waals surface area (Å²) < 4.78 is 5.35. The first kappa shape index (κ1) is 19.4. The fourth-order valence-electron chi connectivity index (χ4n) is 6.11. The van der Waals surface area contributed by atoms with Crippen molar-refractivity contribution in [1.82, 2.24) is 0 Å². The van der Waals surface area contributed by atoms with Gasteiger partial charge in [-0.25, -0.2) is 0 Å². The Balaban J connectivity index is 1.56. The molecule has 1 N–H and O–H groups in total. The summed E-state index contributed by atoms with van der Waals surface area (Å²) in [5, 5.41) is 9.21. The standard InChI is InChI=1S/C31H21BO2/c33-32-34-22-9-7-8-20(18-22)21-16-17-26-25-12-3-6-15-29(25)31(30(26)19-21)27-13-4-1-10-23(27)24-11-2-5-14-28(24)31/h1-19,32-33H. The van der Waals surface area contributed by atoms with E-state index in [-0.39, 0.29) is 13.1 Å². The van der Waals surface area contributed by atoms with E-state index < -0.39 is 0 Å². The Morgan fingerprint density at radius 1 is 0.500 bits per heavy atom. The zero-order valence-electron chi connectivity index (χ0n) is 18.5. The van der Waals surface area contributed by atoms with Gasteiger partial charge in [0.1, 0.15) is 5.75 Å². The summed E-state index contributed by atoms with van der Waals surface area (Å²) in [5.41, 5.74) is 12.4. The van der Waals surface area contributed by atoms with Crippen LogP contribution in [0.15, 0.2) is 115 Å². The second-order valence-corrected chi connectivity index (χ2v) is 8.95. The van der Waals surface area contributed by atoms with Crippen LogP contribution in [0.2, 0.25) is 0 Å². The number of hydrogen-bond acceptors (Lipinski definition) is 2. The fraction of sp³-hybridized carbons (Fsp3) is 0.0323. The summed E-state index contributed by atoms with van der Waals surface area (Å²) in [6, 6.07) is 41.3. The van der Waals surface area contributed by atoms with Crippen LogP contribution in [-0.2, 0) is 5.41 Å². The van der Waals surface area contributed by atoms with Gasteiger partial charge in [0.2, 0.25) is 0 Å². The topological polar surface area (TPSA) is 29.5 Å². The van der Waals surface area contributed by atoms with Gasteiger partial charge in [-0.3, -0.25) is 0 Å². The summed E-state index contributed by atoms with van der Waals surface area (Å²) in [5.74, 6) is 0.662. The minimum atomic E-state index is -0.339. The van der Waals surface area contributed by atoms with Crippen molar-refractivity contribution in [2.75, 3.05) is 0 Å². The predicted octanol–water partition coefficient (Wildman–Crippen LogP) is 6.33. The first-order chi connectivity index (χ1) is 16.8. The normalized spacial score (nSPS) is 13.7. The molecule has 0 heterocycles. The van der Waals surface area contributed by atoms with Crippen LogP contribution >= 0.6 is 0 Å². The minimum Gasteiger partial charge on any atom is -0.539 e. The lowest BCUT2D eigenvalue weighted by atomic mass is 9.70. The highest BCUT2D eigenvalue weighted by molar-refractivity contribution is 6.17. The van der Waals surface area contributed by atoms with Gasteiger partial charge in [-0.05, 0) is 73.8 Å². The summed E-state index contributed by atoms with van der Waals surface area (Å²) in [6.45, 7) is 0. The third-order valence-corrected chi connectivity index (χ3v) is 7.40. The van der Waals surface area contributed by atoms with E-state index in [1.807, 2.05) is 18.2 Å². The SMILES string of the molecule is OBOc1cccc(-c2ccc3c(c2)C2(c4ccccc4-c4ccccc42)c2ccccc2-3)c1. The maximum atomic E-state index is 9.21. The van der Waals surface area contributed by atoms with Crippen LogP contribution < -0.4 is 4.65 Å². The van der Waals surface area contributed by atoms with Gasteiger partial charge in [-0.2, -0.15) is 0 Å². The molecule has 2 nitrogen and oxygen atoms in total. The molecule has 0 bridgehead atoms. The van der Waals surface area contributed by atoms with Crippen molar-refractivity contribution in [3.05, 3.63) is 138 Å². The molecule has 34 heavy (non-hydrogen) atoms. The average molecular weight is 436 g/mol. The molecule has 0 aliphatic heterocycles.